The number of amides is 1. The zero-order valence-corrected chi connectivity index (χ0v) is 17.9. The highest BCUT2D eigenvalue weighted by atomic mass is 32.1. The third-order valence-corrected chi connectivity index (χ3v) is 7.43. The molecule has 1 aromatic heterocycles. The predicted molar refractivity (Wildman–Crippen MR) is 117 cm³/mol. The van der Waals surface area contributed by atoms with Crippen molar-refractivity contribution in [2.24, 2.45) is 5.41 Å². The van der Waals surface area contributed by atoms with Crippen molar-refractivity contribution >= 4 is 40.7 Å². The number of nitrogens with one attached hydrogen (secondary N) is 1. The molecule has 152 valence electrons. The molecule has 1 spiro atoms. The van der Waals surface area contributed by atoms with E-state index in [0.717, 1.165) is 75.7 Å². The second-order valence-corrected chi connectivity index (χ2v) is 9.37. The second kappa shape index (κ2) is 8.93. The molecule has 1 unspecified atom stereocenters. The number of hydrogen-bond acceptors (Lipinski definition) is 4. The molecular weight excluding hydrogens is 390 g/mol. The lowest BCUT2D eigenvalue weighted by Gasteiger charge is -2.39. The van der Waals surface area contributed by atoms with Crippen LogP contribution in [0.2, 0.25) is 0 Å². The number of piperidine rings is 1. The lowest BCUT2D eigenvalue weighted by Crippen LogP contribution is -2.46. The zero-order valence-electron chi connectivity index (χ0n) is 16.3. The van der Waals surface area contributed by atoms with E-state index in [-0.39, 0.29) is 5.91 Å². The Hall–Kier alpha value is -1.44. The van der Waals surface area contributed by atoms with Crippen LogP contribution in [0, 0.1) is 5.41 Å². The van der Waals surface area contributed by atoms with E-state index in [9.17, 15) is 4.79 Å². The molecule has 1 N–H and O–H groups in total. The monoisotopic (exact) mass is 419 g/mol. The van der Waals surface area contributed by atoms with Gasteiger partial charge in [-0.3, -0.25) is 4.79 Å². The highest BCUT2D eigenvalue weighted by Gasteiger charge is 2.41. The molecule has 3 fully saturated rings. The number of rotatable bonds is 4. The number of nitrogens with zero attached hydrogens (tertiary/aromatic N) is 2. The van der Waals surface area contributed by atoms with Gasteiger partial charge < -0.3 is 19.9 Å². The van der Waals surface area contributed by atoms with E-state index in [2.05, 4.69) is 15.6 Å². The van der Waals surface area contributed by atoms with Crippen molar-refractivity contribution in [2.75, 3.05) is 39.3 Å². The van der Waals surface area contributed by atoms with Gasteiger partial charge in [-0.2, -0.15) is 11.3 Å². The van der Waals surface area contributed by atoms with Crippen LogP contribution in [-0.4, -0.2) is 66.3 Å². The van der Waals surface area contributed by atoms with Crippen molar-refractivity contribution < 1.29 is 9.53 Å². The summed E-state index contributed by atoms with van der Waals surface area (Å²) < 4.78 is 5.67. The van der Waals surface area contributed by atoms with Crippen molar-refractivity contribution in [2.45, 2.75) is 38.2 Å². The van der Waals surface area contributed by atoms with E-state index in [1.54, 1.807) is 17.4 Å². The number of thiocarbonyl (C=S) groups is 1. The lowest BCUT2D eigenvalue weighted by atomic mass is 9.78. The average Bonchev–Trinajstić information content (AvgIpc) is 3.47. The Balaban J connectivity index is 1.23. The highest BCUT2D eigenvalue weighted by Crippen LogP contribution is 2.40. The summed E-state index contributed by atoms with van der Waals surface area (Å²) in [6.45, 7) is 5.42. The summed E-state index contributed by atoms with van der Waals surface area (Å²) in [4.78, 5) is 16.8. The van der Waals surface area contributed by atoms with Crippen molar-refractivity contribution in [3.63, 3.8) is 0 Å². The molecule has 0 aromatic carbocycles. The maximum Gasteiger partial charge on any atom is 0.246 e. The van der Waals surface area contributed by atoms with E-state index < -0.39 is 0 Å². The first-order valence-corrected chi connectivity index (χ1v) is 11.6. The minimum Gasteiger partial charge on any atom is -0.376 e. The van der Waals surface area contributed by atoms with Crippen LogP contribution in [0.1, 0.15) is 37.7 Å². The molecule has 4 rings (SSSR count). The zero-order chi connectivity index (χ0) is 19.4. The molecule has 0 bridgehead atoms. The normalized spacial score (nSPS) is 24.4. The van der Waals surface area contributed by atoms with Gasteiger partial charge in [0.2, 0.25) is 5.91 Å². The number of hydrogen-bond donors (Lipinski definition) is 1. The number of carbonyl (C=O) groups is 1. The van der Waals surface area contributed by atoms with Crippen LogP contribution in [0.25, 0.3) is 6.08 Å². The van der Waals surface area contributed by atoms with Gasteiger partial charge in [0, 0.05) is 45.4 Å². The second-order valence-electron chi connectivity index (χ2n) is 8.21. The van der Waals surface area contributed by atoms with E-state index in [0.29, 0.717) is 11.5 Å². The van der Waals surface area contributed by atoms with Gasteiger partial charge in [0.1, 0.15) is 0 Å². The Labute approximate surface area is 176 Å². The fourth-order valence-electron chi connectivity index (χ4n) is 4.48. The molecule has 4 heterocycles. The molecule has 1 atom stereocenters. The van der Waals surface area contributed by atoms with Crippen LogP contribution in [-0.2, 0) is 9.53 Å². The summed E-state index contributed by atoms with van der Waals surface area (Å²) in [5.41, 5.74) is 1.41. The topological polar surface area (TPSA) is 44.8 Å². The molecular formula is C21H29N3O2S2. The van der Waals surface area contributed by atoms with Gasteiger partial charge >= 0.3 is 0 Å². The summed E-state index contributed by atoms with van der Waals surface area (Å²) >= 11 is 7.27. The third-order valence-electron chi connectivity index (χ3n) is 6.33. The molecule has 1 aromatic rings. The van der Waals surface area contributed by atoms with Crippen LogP contribution < -0.4 is 5.32 Å². The first-order valence-electron chi connectivity index (χ1n) is 10.3. The summed E-state index contributed by atoms with van der Waals surface area (Å²) in [6.07, 6.45) is 9.52. The Morgan fingerprint density at radius 2 is 2.11 bits per heavy atom. The lowest BCUT2D eigenvalue weighted by molar-refractivity contribution is -0.128. The molecule has 28 heavy (non-hydrogen) atoms. The number of carbonyl (C=O) groups excluding carboxylic acids is 1. The summed E-state index contributed by atoms with van der Waals surface area (Å²) in [6, 6.07) is 2.03. The first-order chi connectivity index (χ1) is 13.6. The third kappa shape index (κ3) is 4.75. The maximum absolute atomic E-state index is 12.5. The largest absolute Gasteiger partial charge is 0.376 e. The van der Waals surface area contributed by atoms with E-state index in [1.165, 1.54) is 6.42 Å². The molecule has 0 aliphatic carbocycles. The molecule has 3 saturated heterocycles. The van der Waals surface area contributed by atoms with Gasteiger partial charge in [0.05, 0.1) is 6.10 Å². The summed E-state index contributed by atoms with van der Waals surface area (Å²) in [5, 5.41) is 8.35. The van der Waals surface area contributed by atoms with E-state index in [4.69, 9.17) is 17.0 Å². The predicted octanol–water partition coefficient (Wildman–Crippen LogP) is 3.13. The molecule has 0 saturated carbocycles. The van der Waals surface area contributed by atoms with Crippen molar-refractivity contribution in [3.8, 4) is 0 Å². The standard InChI is InChI=1S/C21H29N3O2S2/c25-19(4-3-17-5-13-28-15-17)23-9-6-21(7-10-23)8-11-24(16-21)20(27)22-14-18-2-1-12-26-18/h3-5,13,15,18H,1-2,6-12,14,16H2,(H,22,27). The van der Waals surface area contributed by atoms with Gasteiger partial charge in [-0.25, -0.2) is 0 Å². The number of thiophene rings is 1. The molecule has 5 nitrogen and oxygen atoms in total. The smallest absolute Gasteiger partial charge is 0.246 e. The fourth-order valence-corrected chi connectivity index (χ4v) is 5.35. The van der Waals surface area contributed by atoms with E-state index >= 15 is 0 Å². The highest BCUT2D eigenvalue weighted by molar-refractivity contribution is 7.80. The van der Waals surface area contributed by atoms with Crippen molar-refractivity contribution in [3.05, 3.63) is 28.5 Å². The maximum atomic E-state index is 12.5. The molecule has 0 radical (unpaired) electrons. The minimum atomic E-state index is 0.129. The van der Waals surface area contributed by atoms with Crippen LogP contribution in [0.15, 0.2) is 22.9 Å². The molecule has 3 aliphatic rings. The summed E-state index contributed by atoms with van der Waals surface area (Å²) in [5.74, 6) is 0.129. The first kappa shape index (κ1) is 19.9. The van der Waals surface area contributed by atoms with Crippen LogP contribution in [0.5, 0.6) is 0 Å². The summed E-state index contributed by atoms with van der Waals surface area (Å²) in [7, 11) is 0. The quantitative estimate of drug-likeness (QED) is 0.600. The SMILES string of the molecule is O=C(C=Cc1ccsc1)N1CCC2(CC1)CCN(C(=S)NCC1CCCO1)C2. The Morgan fingerprint density at radius 1 is 1.32 bits per heavy atom. The van der Waals surface area contributed by atoms with Crippen molar-refractivity contribution in [1.82, 2.24) is 15.1 Å². The van der Waals surface area contributed by atoms with Gasteiger partial charge in [0.15, 0.2) is 5.11 Å². The molecule has 1 amide bonds. The number of ether oxygens (including phenoxy) is 1. The fraction of sp³-hybridized carbons (Fsp3) is 0.619. The van der Waals surface area contributed by atoms with Gasteiger partial charge in [-0.05, 0) is 78.2 Å². The van der Waals surface area contributed by atoms with Gasteiger partial charge in [-0.1, -0.05) is 0 Å². The molecule has 7 heteroatoms. The van der Waals surface area contributed by atoms with Crippen molar-refractivity contribution in [1.29, 1.82) is 0 Å². The van der Waals surface area contributed by atoms with Crippen LogP contribution >= 0.6 is 23.6 Å². The average molecular weight is 420 g/mol. The van der Waals surface area contributed by atoms with E-state index in [1.807, 2.05) is 22.4 Å². The minimum absolute atomic E-state index is 0.129. The van der Waals surface area contributed by atoms with Gasteiger partial charge in [-0.15, -0.1) is 0 Å². The van der Waals surface area contributed by atoms with Crippen LogP contribution in [0.4, 0.5) is 0 Å². The number of likely N-dealkylation sites (tertiary alicyclic amines) is 2. The Morgan fingerprint density at radius 3 is 2.79 bits per heavy atom. The van der Waals surface area contributed by atoms with Crippen LogP contribution in [0.3, 0.4) is 0 Å². The van der Waals surface area contributed by atoms with Gasteiger partial charge in [0.25, 0.3) is 0 Å². The molecule has 3 aliphatic heterocycles. The Bertz CT molecular complexity index is 705. The Kier molecular flexibility index (Phi) is 6.33.